The van der Waals surface area contributed by atoms with E-state index in [1.54, 1.807) is 36.4 Å². The van der Waals surface area contributed by atoms with Crippen molar-refractivity contribution >= 4 is 40.7 Å². The number of carbonyl (C=O) groups is 3. The van der Waals surface area contributed by atoms with Gasteiger partial charge in [-0.25, -0.2) is 0 Å². The zero-order valence-electron chi connectivity index (χ0n) is 20.0. The van der Waals surface area contributed by atoms with Crippen molar-refractivity contribution in [2.45, 2.75) is 26.2 Å². The second-order valence-corrected chi connectivity index (χ2v) is 9.89. The van der Waals surface area contributed by atoms with Gasteiger partial charge >= 0.3 is 0 Å². The first kappa shape index (κ1) is 25.1. The Morgan fingerprint density at radius 3 is 2.08 bits per heavy atom. The van der Waals surface area contributed by atoms with Crippen molar-refractivity contribution in [3.8, 4) is 0 Å². The third kappa shape index (κ3) is 4.72. The fourth-order valence-corrected chi connectivity index (χ4v) is 4.27. The molecule has 0 atom stereocenters. The number of imide groups is 1. The molecule has 0 saturated heterocycles. The minimum atomic E-state index is -0.603. The number of hydrogen-bond acceptors (Lipinski definition) is 5. The summed E-state index contributed by atoms with van der Waals surface area (Å²) < 4.78 is 0. The quantitative estimate of drug-likeness (QED) is 0.250. The van der Waals surface area contributed by atoms with Crippen molar-refractivity contribution in [2.75, 3.05) is 18.0 Å². The van der Waals surface area contributed by atoms with E-state index in [0.29, 0.717) is 16.8 Å². The van der Waals surface area contributed by atoms with Crippen molar-refractivity contribution in [1.82, 2.24) is 4.90 Å². The van der Waals surface area contributed by atoms with Gasteiger partial charge in [0.05, 0.1) is 26.6 Å². The van der Waals surface area contributed by atoms with Gasteiger partial charge in [0.25, 0.3) is 23.4 Å². The first-order valence-corrected chi connectivity index (χ1v) is 11.7. The summed E-state index contributed by atoms with van der Waals surface area (Å²) >= 11 is 6.26. The molecule has 0 aliphatic carbocycles. The summed E-state index contributed by atoms with van der Waals surface area (Å²) in [5.74, 6) is -1.44. The molecule has 0 saturated carbocycles. The molecule has 1 aliphatic rings. The summed E-state index contributed by atoms with van der Waals surface area (Å²) in [4.78, 5) is 52.5. The largest absolute Gasteiger partial charge is 0.307 e. The van der Waals surface area contributed by atoms with E-state index in [9.17, 15) is 24.5 Å². The maximum Gasteiger partial charge on any atom is 0.270 e. The lowest BCUT2D eigenvalue weighted by molar-refractivity contribution is -0.384. The molecule has 0 spiro atoms. The number of non-ortho nitro benzene ring substituents is 1. The normalized spacial score (nSPS) is 13.1. The van der Waals surface area contributed by atoms with E-state index in [1.807, 2.05) is 12.1 Å². The van der Waals surface area contributed by atoms with Crippen LogP contribution in [-0.4, -0.2) is 40.6 Å². The Labute approximate surface area is 213 Å². The number of halogens is 1. The molecule has 0 bridgehead atoms. The Balaban J connectivity index is 1.68. The topological polar surface area (TPSA) is 101 Å². The van der Waals surface area contributed by atoms with Gasteiger partial charge in [-0.1, -0.05) is 56.6 Å². The highest BCUT2D eigenvalue weighted by atomic mass is 35.5. The van der Waals surface area contributed by atoms with Gasteiger partial charge in [-0.05, 0) is 41.3 Å². The molecule has 1 aliphatic heterocycles. The minimum Gasteiger partial charge on any atom is -0.307 e. The van der Waals surface area contributed by atoms with Gasteiger partial charge in [0.2, 0.25) is 0 Å². The van der Waals surface area contributed by atoms with Crippen molar-refractivity contribution in [3.05, 3.63) is 104 Å². The Morgan fingerprint density at radius 2 is 1.56 bits per heavy atom. The molecule has 0 aromatic heterocycles. The maximum atomic E-state index is 13.6. The predicted octanol–water partition coefficient (Wildman–Crippen LogP) is 5.49. The molecule has 8 nitrogen and oxygen atoms in total. The van der Waals surface area contributed by atoms with E-state index in [4.69, 9.17) is 11.6 Å². The molecule has 0 N–H and O–H groups in total. The van der Waals surface area contributed by atoms with Crippen LogP contribution in [-0.2, 0) is 5.41 Å². The monoisotopic (exact) mass is 505 g/mol. The average molecular weight is 506 g/mol. The van der Waals surface area contributed by atoms with E-state index < -0.39 is 22.6 Å². The van der Waals surface area contributed by atoms with Crippen LogP contribution in [0.2, 0.25) is 5.02 Å². The highest BCUT2D eigenvalue weighted by Crippen LogP contribution is 2.29. The number of nitrogens with zero attached hydrogens (tertiary/aromatic N) is 3. The SMILES string of the molecule is CC(C)(C)c1ccc(N(CCN2C(=O)c3ccccc3C2=O)C(=O)c2cc([N+](=O)[O-])ccc2Cl)cc1. The lowest BCUT2D eigenvalue weighted by Gasteiger charge is -2.27. The minimum absolute atomic E-state index is 0.0296. The molecule has 4 rings (SSSR count). The molecule has 36 heavy (non-hydrogen) atoms. The first-order chi connectivity index (χ1) is 17.0. The van der Waals surface area contributed by atoms with Gasteiger partial charge in [-0.15, -0.1) is 0 Å². The van der Waals surface area contributed by atoms with Crippen molar-refractivity contribution in [1.29, 1.82) is 0 Å². The van der Waals surface area contributed by atoms with Crippen LogP contribution in [0.4, 0.5) is 11.4 Å². The summed E-state index contributed by atoms with van der Waals surface area (Å²) in [6.45, 7) is 6.10. The third-order valence-corrected chi connectivity index (χ3v) is 6.44. The molecule has 9 heteroatoms. The van der Waals surface area contributed by atoms with Crippen molar-refractivity contribution in [2.24, 2.45) is 0 Å². The molecular formula is C27H24ClN3O5. The zero-order chi connectivity index (χ0) is 26.2. The van der Waals surface area contributed by atoms with Crippen LogP contribution in [0.3, 0.4) is 0 Å². The van der Waals surface area contributed by atoms with E-state index in [1.165, 1.54) is 17.0 Å². The summed E-state index contributed by atoms with van der Waals surface area (Å²) in [6, 6.07) is 17.5. The average Bonchev–Trinajstić information content (AvgIpc) is 3.09. The fraction of sp³-hybridized carbons (Fsp3) is 0.222. The molecule has 3 aromatic carbocycles. The van der Waals surface area contributed by atoms with Gasteiger partial charge in [0, 0.05) is 30.9 Å². The van der Waals surface area contributed by atoms with Gasteiger partial charge in [-0.2, -0.15) is 0 Å². The van der Waals surface area contributed by atoms with E-state index in [0.717, 1.165) is 16.5 Å². The number of nitro groups is 1. The molecule has 0 unspecified atom stereocenters. The zero-order valence-corrected chi connectivity index (χ0v) is 20.8. The molecule has 1 heterocycles. The lowest BCUT2D eigenvalue weighted by atomic mass is 9.87. The summed E-state index contributed by atoms with van der Waals surface area (Å²) in [6.07, 6.45) is 0. The van der Waals surface area contributed by atoms with Crippen LogP contribution in [0.25, 0.3) is 0 Å². The van der Waals surface area contributed by atoms with Gasteiger partial charge in [-0.3, -0.25) is 29.4 Å². The summed E-state index contributed by atoms with van der Waals surface area (Å²) in [5.41, 5.74) is 1.75. The molecule has 0 fully saturated rings. The van der Waals surface area contributed by atoms with Gasteiger partial charge in [0.15, 0.2) is 0 Å². The third-order valence-electron chi connectivity index (χ3n) is 6.11. The Kier molecular flexibility index (Phi) is 6.65. The van der Waals surface area contributed by atoms with Crippen LogP contribution in [0, 0.1) is 10.1 Å². The number of nitro benzene ring substituents is 1. The van der Waals surface area contributed by atoms with Crippen LogP contribution < -0.4 is 4.90 Å². The molecule has 3 aromatic rings. The first-order valence-electron chi connectivity index (χ1n) is 11.3. The number of hydrogen-bond donors (Lipinski definition) is 0. The number of rotatable bonds is 6. The van der Waals surface area contributed by atoms with E-state index in [2.05, 4.69) is 20.8 Å². The highest BCUT2D eigenvalue weighted by molar-refractivity contribution is 6.34. The van der Waals surface area contributed by atoms with E-state index in [-0.39, 0.29) is 34.8 Å². The summed E-state index contributed by atoms with van der Waals surface area (Å²) in [5, 5.41) is 11.4. The molecular weight excluding hydrogens is 482 g/mol. The lowest BCUT2D eigenvalue weighted by Crippen LogP contribution is -2.41. The number of amides is 3. The number of benzene rings is 3. The number of anilines is 1. The fourth-order valence-electron chi connectivity index (χ4n) is 4.07. The number of carbonyl (C=O) groups excluding carboxylic acids is 3. The second kappa shape index (κ2) is 9.54. The van der Waals surface area contributed by atoms with Crippen LogP contribution in [0.15, 0.2) is 66.7 Å². The van der Waals surface area contributed by atoms with Crippen molar-refractivity contribution < 1.29 is 19.3 Å². The van der Waals surface area contributed by atoms with Crippen molar-refractivity contribution in [3.63, 3.8) is 0 Å². The molecule has 0 radical (unpaired) electrons. The predicted molar refractivity (Wildman–Crippen MR) is 137 cm³/mol. The molecule has 184 valence electrons. The smallest absolute Gasteiger partial charge is 0.270 e. The van der Waals surface area contributed by atoms with Crippen LogP contribution in [0.5, 0.6) is 0 Å². The Bertz CT molecular complexity index is 1340. The number of fused-ring (bicyclic) bond motifs is 1. The molecule has 3 amide bonds. The summed E-state index contributed by atoms with van der Waals surface area (Å²) in [7, 11) is 0. The highest BCUT2D eigenvalue weighted by Gasteiger charge is 2.35. The second-order valence-electron chi connectivity index (χ2n) is 9.48. The standard InChI is InChI=1S/C27H24ClN3O5/c1-27(2,3)17-8-10-18(11-9-17)29(26(34)22-16-19(31(35)36)12-13-23(22)28)14-15-30-24(32)20-6-4-5-7-21(20)25(30)33/h4-13,16H,14-15H2,1-3H3. The van der Waals surface area contributed by atoms with Gasteiger partial charge in [0.1, 0.15) is 0 Å². The maximum absolute atomic E-state index is 13.6. The Morgan fingerprint density at radius 1 is 0.972 bits per heavy atom. The Hall–Kier alpha value is -4.04. The van der Waals surface area contributed by atoms with Crippen LogP contribution >= 0.6 is 11.6 Å². The van der Waals surface area contributed by atoms with Gasteiger partial charge < -0.3 is 4.90 Å². The van der Waals surface area contributed by atoms with Crippen LogP contribution in [0.1, 0.15) is 57.4 Å². The van der Waals surface area contributed by atoms with E-state index >= 15 is 0 Å².